The summed E-state index contributed by atoms with van der Waals surface area (Å²) in [6.07, 6.45) is 10.7. The summed E-state index contributed by atoms with van der Waals surface area (Å²) in [5, 5.41) is 10.3. The van der Waals surface area contributed by atoms with E-state index in [1.165, 1.54) is 6.20 Å². The molecule has 26 heavy (non-hydrogen) atoms. The van der Waals surface area contributed by atoms with E-state index in [4.69, 9.17) is 4.74 Å². The van der Waals surface area contributed by atoms with Crippen molar-refractivity contribution in [3.8, 4) is 16.9 Å². The number of ether oxygens (including phenoxy) is 1. The van der Waals surface area contributed by atoms with Gasteiger partial charge in [0.2, 0.25) is 0 Å². The predicted molar refractivity (Wildman–Crippen MR) is 102 cm³/mol. The van der Waals surface area contributed by atoms with E-state index in [0.717, 1.165) is 17.5 Å². The molecule has 4 heteroatoms. The molecule has 0 radical (unpaired) electrons. The SMILES string of the molecule is C/C=C/C1Oc2c(-c3ccccc3)cn(O)c(=O)c2C2C(C)C=CCC12. The van der Waals surface area contributed by atoms with Gasteiger partial charge in [0.05, 0.1) is 11.8 Å². The fourth-order valence-electron chi connectivity index (χ4n) is 4.37. The van der Waals surface area contributed by atoms with Gasteiger partial charge in [-0.3, -0.25) is 4.79 Å². The first-order valence-electron chi connectivity index (χ1n) is 9.12. The smallest absolute Gasteiger partial charge is 0.290 e. The molecule has 0 fully saturated rings. The molecule has 0 spiro atoms. The van der Waals surface area contributed by atoms with Crippen molar-refractivity contribution < 1.29 is 9.94 Å². The normalized spacial score (nSPS) is 27.0. The fourth-order valence-corrected chi connectivity index (χ4v) is 4.37. The van der Waals surface area contributed by atoms with Gasteiger partial charge in [-0.1, -0.05) is 55.5 Å². The van der Waals surface area contributed by atoms with E-state index in [-0.39, 0.29) is 29.4 Å². The summed E-state index contributed by atoms with van der Waals surface area (Å²) in [6.45, 7) is 4.12. The molecule has 2 aliphatic rings. The van der Waals surface area contributed by atoms with Gasteiger partial charge in [0.1, 0.15) is 11.9 Å². The van der Waals surface area contributed by atoms with Crippen molar-refractivity contribution in [2.45, 2.75) is 32.3 Å². The van der Waals surface area contributed by atoms with Gasteiger partial charge in [0.15, 0.2) is 0 Å². The quantitative estimate of drug-likeness (QED) is 0.646. The lowest BCUT2D eigenvalue weighted by Gasteiger charge is -2.42. The number of benzene rings is 1. The van der Waals surface area contributed by atoms with Crippen molar-refractivity contribution in [2.24, 2.45) is 11.8 Å². The lowest BCUT2D eigenvalue weighted by Crippen LogP contribution is -2.42. The van der Waals surface area contributed by atoms with E-state index in [1.807, 2.05) is 43.3 Å². The molecule has 2 heterocycles. The highest BCUT2D eigenvalue weighted by Gasteiger charge is 2.43. The minimum absolute atomic E-state index is 0.0273. The molecule has 0 amide bonds. The average molecular weight is 349 g/mol. The third-order valence-electron chi connectivity index (χ3n) is 5.53. The molecule has 134 valence electrons. The van der Waals surface area contributed by atoms with Crippen LogP contribution in [0.2, 0.25) is 0 Å². The van der Waals surface area contributed by atoms with Crippen LogP contribution >= 0.6 is 0 Å². The third-order valence-corrected chi connectivity index (χ3v) is 5.53. The zero-order valence-electron chi connectivity index (χ0n) is 15.0. The zero-order chi connectivity index (χ0) is 18.3. The molecule has 1 aromatic heterocycles. The second kappa shape index (κ2) is 6.52. The van der Waals surface area contributed by atoms with E-state index in [1.54, 1.807) is 0 Å². The van der Waals surface area contributed by atoms with Crippen LogP contribution in [0.4, 0.5) is 0 Å². The summed E-state index contributed by atoms with van der Waals surface area (Å²) in [6, 6.07) is 9.75. The maximum Gasteiger partial charge on any atom is 0.290 e. The molecule has 4 atom stereocenters. The van der Waals surface area contributed by atoms with Gasteiger partial charge in [-0.15, -0.1) is 0 Å². The second-order valence-corrected chi connectivity index (χ2v) is 7.12. The first-order valence-corrected chi connectivity index (χ1v) is 9.12. The van der Waals surface area contributed by atoms with Crippen molar-refractivity contribution in [3.05, 3.63) is 76.8 Å². The van der Waals surface area contributed by atoms with Gasteiger partial charge in [-0.25, -0.2) is 0 Å². The molecule has 4 rings (SSSR count). The van der Waals surface area contributed by atoms with E-state index in [2.05, 4.69) is 25.2 Å². The van der Waals surface area contributed by atoms with Crippen molar-refractivity contribution in [1.82, 2.24) is 4.73 Å². The molecule has 4 unspecified atom stereocenters. The van der Waals surface area contributed by atoms with Gasteiger partial charge in [-0.05, 0) is 30.9 Å². The van der Waals surface area contributed by atoms with Crippen LogP contribution in [0.15, 0.2) is 65.6 Å². The van der Waals surface area contributed by atoms with E-state index in [9.17, 15) is 10.0 Å². The molecular formula is C22H23NO3. The van der Waals surface area contributed by atoms with Crippen LogP contribution < -0.4 is 10.3 Å². The van der Waals surface area contributed by atoms with Crippen LogP contribution in [0.3, 0.4) is 0 Å². The highest BCUT2D eigenvalue weighted by Crippen LogP contribution is 2.49. The third kappa shape index (κ3) is 2.57. The van der Waals surface area contributed by atoms with E-state index < -0.39 is 0 Å². The molecule has 0 bridgehead atoms. The highest BCUT2D eigenvalue weighted by atomic mass is 16.5. The molecule has 1 aliphatic heterocycles. The topological polar surface area (TPSA) is 51.5 Å². The molecular weight excluding hydrogens is 326 g/mol. The average Bonchev–Trinajstić information content (AvgIpc) is 2.66. The van der Waals surface area contributed by atoms with Crippen LogP contribution in [0.1, 0.15) is 31.7 Å². The Bertz CT molecular complexity index is 926. The number of fused-ring (bicyclic) bond motifs is 3. The first kappa shape index (κ1) is 16.7. The Hall–Kier alpha value is -2.75. The molecule has 0 saturated heterocycles. The number of pyridine rings is 1. The highest BCUT2D eigenvalue weighted by molar-refractivity contribution is 5.72. The summed E-state index contributed by atoms with van der Waals surface area (Å²) < 4.78 is 7.08. The Morgan fingerprint density at radius 3 is 2.77 bits per heavy atom. The summed E-state index contributed by atoms with van der Waals surface area (Å²) in [5.74, 6) is 1.04. The van der Waals surface area contributed by atoms with Gasteiger partial charge in [0.25, 0.3) is 5.56 Å². The standard InChI is InChI=1S/C22H23NO3/c1-3-8-18-16-12-7-9-14(2)19(16)20-21(26-18)17(13-23(25)22(20)24)15-10-5-4-6-11-15/h3-11,13-14,16,18-19,25H,12H2,1-2H3/b8-3+. The van der Waals surface area contributed by atoms with Crippen LogP contribution in [-0.4, -0.2) is 16.0 Å². The Balaban J connectivity index is 1.99. The first-order chi connectivity index (χ1) is 12.6. The summed E-state index contributed by atoms with van der Waals surface area (Å²) in [4.78, 5) is 12.9. The van der Waals surface area contributed by atoms with E-state index >= 15 is 0 Å². The van der Waals surface area contributed by atoms with Gasteiger partial charge >= 0.3 is 0 Å². The summed E-state index contributed by atoms with van der Waals surface area (Å²) >= 11 is 0. The number of rotatable bonds is 2. The monoisotopic (exact) mass is 349 g/mol. The van der Waals surface area contributed by atoms with Gasteiger partial charge < -0.3 is 9.94 Å². The summed E-state index contributed by atoms with van der Waals surface area (Å²) in [5.41, 5.74) is 1.88. The Kier molecular flexibility index (Phi) is 4.19. The molecule has 4 nitrogen and oxygen atoms in total. The Morgan fingerprint density at radius 2 is 2.04 bits per heavy atom. The lowest BCUT2D eigenvalue weighted by molar-refractivity contribution is 0.106. The molecule has 0 saturated carbocycles. The minimum atomic E-state index is -0.379. The van der Waals surface area contributed by atoms with E-state index in [0.29, 0.717) is 16.0 Å². The van der Waals surface area contributed by atoms with Crippen molar-refractivity contribution in [1.29, 1.82) is 0 Å². The minimum Gasteiger partial charge on any atom is -0.485 e. The van der Waals surface area contributed by atoms with Gasteiger partial charge in [0, 0.05) is 17.4 Å². The second-order valence-electron chi connectivity index (χ2n) is 7.12. The number of aromatic nitrogens is 1. The maximum absolute atomic E-state index is 12.9. The molecule has 1 aliphatic carbocycles. The van der Waals surface area contributed by atoms with Crippen LogP contribution in [0.5, 0.6) is 5.75 Å². The summed E-state index contributed by atoms with van der Waals surface area (Å²) in [7, 11) is 0. The largest absolute Gasteiger partial charge is 0.485 e. The number of nitrogens with zero attached hydrogens (tertiary/aromatic N) is 1. The number of hydrogen-bond donors (Lipinski definition) is 1. The van der Waals surface area contributed by atoms with Crippen molar-refractivity contribution in [2.75, 3.05) is 0 Å². The maximum atomic E-state index is 12.9. The Labute approximate surface area is 153 Å². The Morgan fingerprint density at radius 1 is 1.27 bits per heavy atom. The predicted octanol–water partition coefficient (Wildman–Crippen LogP) is 4.39. The fraction of sp³-hybridized carbons (Fsp3) is 0.318. The van der Waals surface area contributed by atoms with Crippen molar-refractivity contribution >= 4 is 0 Å². The zero-order valence-corrected chi connectivity index (χ0v) is 15.0. The van der Waals surface area contributed by atoms with Crippen LogP contribution in [-0.2, 0) is 0 Å². The number of allylic oxidation sites excluding steroid dienone is 3. The van der Waals surface area contributed by atoms with Crippen molar-refractivity contribution in [3.63, 3.8) is 0 Å². The molecule has 2 aromatic rings. The molecule has 1 N–H and O–H groups in total. The van der Waals surface area contributed by atoms with Crippen LogP contribution in [0, 0.1) is 11.8 Å². The number of hydrogen-bond acceptors (Lipinski definition) is 3. The lowest BCUT2D eigenvalue weighted by atomic mass is 9.69. The van der Waals surface area contributed by atoms with Gasteiger partial charge in [-0.2, -0.15) is 4.73 Å². The molecule has 1 aromatic carbocycles. The van der Waals surface area contributed by atoms with Crippen LogP contribution in [0.25, 0.3) is 11.1 Å².